The second kappa shape index (κ2) is 5.98. The van der Waals surface area contributed by atoms with E-state index in [4.69, 9.17) is 10.5 Å². The van der Waals surface area contributed by atoms with Crippen molar-refractivity contribution in [3.63, 3.8) is 0 Å². The zero-order valence-corrected chi connectivity index (χ0v) is 8.79. The summed E-state index contributed by atoms with van der Waals surface area (Å²) in [5, 5.41) is 2.93. The molecule has 0 aromatic rings. The molecule has 0 aliphatic carbocycles. The predicted octanol–water partition coefficient (Wildman–Crippen LogP) is 0.124. The van der Waals surface area contributed by atoms with Crippen molar-refractivity contribution >= 4 is 5.91 Å². The first-order valence-corrected chi connectivity index (χ1v) is 5.29. The number of nitrogens with one attached hydrogen (secondary N) is 1. The van der Waals surface area contributed by atoms with Gasteiger partial charge in [0.2, 0.25) is 5.91 Å². The molecule has 3 N–H and O–H groups in total. The maximum Gasteiger partial charge on any atom is 0.224 e. The number of hydrogen-bond donors (Lipinski definition) is 2. The minimum Gasteiger partial charge on any atom is -0.381 e. The summed E-state index contributed by atoms with van der Waals surface area (Å²) in [5.41, 5.74) is 5.40. The van der Waals surface area contributed by atoms with Gasteiger partial charge < -0.3 is 15.8 Å². The fourth-order valence-corrected chi connectivity index (χ4v) is 1.48. The van der Waals surface area contributed by atoms with Crippen molar-refractivity contribution in [1.29, 1.82) is 0 Å². The number of hydrogen-bond acceptors (Lipinski definition) is 3. The van der Waals surface area contributed by atoms with E-state index < -0.39 is 0 Å². The third-order valence-corrected chi connectivity index (χ3v) is 2.71. The van der Waals surface area contributed by atoms with Crippen LogP contribution in [0, 0.1) is 11.8 Å². The highest BCUT2D eigenvalue weighted by Gasteiger charge is 2.16. The van der Waals surface area contributed by atoms with Crippen molar-refractivity contribution < 1.29 is 9.53 Å². The van der Waals surface area contributed by atoms with Crippen molar-refractivity contribution in [3.05, 3.63) is 0 Å². The van der Waals surface area contributed by atoms with Gasteiger partial charge in [-0.3, -0.25) is 4.79 Å². The maximum absolute atomic E-state index is 11.4. The largest absolute Gasteiger partial charge is 0.381 e. The van der Waals surface area contributed by atoms with Gasteiger partial charge in [-0.05, 0) is 18.8 Å². The van der Waals surface area contributed by atoms with Crippen LogP contribution in [0.4, 0.5) is 0 Å². The van der Waals surface area contributed by atoms with Gasteiger partial charge in [-0.25, -0.2) is 0 Å². The Hall–Kier alpha value is -0.610. The highest BCUT2D eigenvalue weighted by Crippen LogP contribution is 2.13. The minimum atomic E-state index is -0.0742. The number of ether oxygens (including phenoxy) is 1. The van der Waals surface area contributed by atoms with E-state index in [0.717, 1.165) is 32.6 Å². The van der Waals surface area contributed by atoms with Crippen LogP contribution in [-0.4, -0.2) is 32.2 Å². The lowest BCUT2D eigenvalue weighted by atomic mass is 10.00. The lowest BCUT2D eigenvalue weighted by molar-refractivity contribution is -0.124. The molecule has 1 amide bonds. The van der Waals surface area contributed by atoms with Gasteiger partial charge >= 0.3 is 0 Å². The molecule has 82 valence electrons. The van der Waals surface area contributed by atoms with Gasteiger partial charge in [0.05, 0.1) is 0 Å². The van der Waals surface area contributed by atoms with E-state index in [1.165, 1.54) is 0 Å². The molecule has 1 atom stereocenters. The van der Waals surface area contributed by atoms with Crippen LogP contribution < -0.4 is 11.1 Å². The molecule has 1 aliphatic rings. The molecule has 0 aromatic heterocycles. The van der Waals surface area contributed by atoms with Crippen molar-refractivity contribution in [2.75, 3.05) is 26.3 Å². The van der Waals surface area contributed by atoms with Crippen LogP contribution in [0.25, 0.3) is 0 Å². The first kappa shape index (κ1) is 11.5. The topological polar surface area (TPSA) is 64.4 Å². The molecule has 1 rings (SSSR count). The number of rotatable bonds is 4. The van der Waals surface area contributed by atoms with E-state index >= 15 is 0 Å². The summed E-state index contributed by atoms with van der Waals surface area (Å²) in [7, 11) is 0. The molecular weight excluding hydrogens is 180 g/mol. The van der Waals surface area contributed by atoms with Crippen LogP contribution >= 0.6 is 0 Å². The van der Waals surface area contributed by atoms with Crippen LogP contribution in [0.3, 0.4) is 0 Å². The highest BCUT2D eigenvalue weighted by molar-refractivity contribution is 5.78. The standard InChI is InChI=1S/C10H20N2O2/c1-8(6-11)10(13)12-7-9-2-4-14-5-3-9/h8-9H,2-7,11H2,1H3,(H,12,13). The van der Waals surface area contributed by atoms with Gasteiger partial charge in [-0.2, -0.15) is 0 Å². The van der Waals surface area contributed by atoms with E-state index in [-0.39, 0.29) is 11.8 Å². The molecule has 1 fully saturated rings. The normalized spacial score (nSPS) is 20.4. The second-order valence-corrected chi connectivity index (χ2v) is 3.94. The average Bonchev–Trinajstić information content (AvgIpc) is 2.26. The van der Waals surface area contributed by atoms with E-state index in [0.29, 0.717) is 12.5 Å². The Morgan fingerprint density at radius 1 is 1.57 bits per heavy atom. The minimum absolute atomic E-state index is 0.0685. The van der Waals surface area contributed by atoms with Crippen LogP contribution in [0.1, 0.15) is 19.8 Å². The summed E-state index contributed by atoms with van der Waals surface area (Å²) in [5.74, 6) is 0.575. The lowest BCUT2D eigenvalue weighted by Gasteiger charge is -2.22. The van der Waals surface area contributed by atoms with Gasteiger partial charge in [-0.1, -0.05) is 6.92 Å². The maximum atomic E-state index is 11.4. The van der Waals surface area contributed by atoms with Crippen LogP contribution in [0.5, 0.6) is 0 Å². The Labute approximate surface area is 85.2 Å². The molecule has 0 bridgehead atoms. The Morgan fingerprint density at radius 2 is 2.21 bits per heavy atom. The second-order valence-electron chi connectivity index (χ2n) is 3.94. The lowest BCUT2D eigenvalue weighted by Crippen LogP contribution is -2.37. The first-order valence-electron chi connectivity index (χ1n) is 5.29. The summed E-state index contributed by atoms with van der Waals surface area (Å²) in [4.78, 5) is 11.4. The highest BCUT2D eigenvalue weighted by atomic mass is 16.5. The molecule has 4 heteroatoms. The first-order chi connectivity index (χ1) is 6.74. The summed E-state index contributed by atoms with van der Waals surface area (Å²) in [6.07, 6.45) is 2.11. The smallest absolute Gasteiger partial charge is 0.224 e. The SMILES string of the molecule is CC(CN)C(=O)NCC1CCOCC1. The van der Waals surface area contributed by atoms with E-state index in [2.05, 4.69) is 5.32 Å². The van der Waals surface area contributed by atoms with Crippen molar-refractivity contribution in [2.24, 2.45) is 17.6 Å². The molecule has 1 saturated heterocycles. The Kier molecular flexibility index (Phi) is 4.90. The summed E-state index contributed by atoms with van der Waals surface area (Å²) >= 11 is 0. The molecule has 0 radical (unpaired) electrons. The van der Waals surface area contributed by atoms with Crippen LogP contribution in [-0.2, 0) is 9.53 Å². The molecule has 1 heterocycles. The van der Waals surface area contributed by atoms with E-state index in [1.54, 1.807) is 0 Å². The predicted molar refractivity (Wildman–Crippen MR) is 54.8 cm³/mol. The number of carbonyl (C=O) groups excluding carboxylic acids is 1. The van der Waals surface area contributed by atoms with Crippen LogP contribution in [0.15, 0.2) is 0 Å². The zero-order chi connectivity index (χ0) is 10.4. The monoisotopic (exact) mass is 200 g/mol. The van der Waals surface area contributed by atoms with Gasteiger partial charge in [0.1, 0.15) is 0 Å². The fraction of sp³-hybridized carbons (Fsp3) is 0.900. The molecule has 1 unspecified atom stereocenters. The van der Waals surface area contributed by atoms with Crippen molar-refractivity contribution in [2.45, 2.75) is 19.8 Å². The molecule has 0 aromatic carbocycles. The molecule has 0 saturated carbocycles. The summed E-state index contributed by atoms with van der Waals surface area (Å²) < 4.78 is 5.24. The molecule has 1 aliphatic heterocycles. The average molecular weight is 200 g/mol. The molecule has 4 nitrogen and oxygen atoms in total. The number of nitrogens with two attached hydrogens (primary N) is 1. The van der Waals surface area contributed by atoms with Gasteiger partial charge in [-0.15, -0.1) is 0 Å². The number of amides is 1. The Morgan fingerprint density at radius 3 is 2.79 bits per heavy atom. The third-order valence-electron chi connectivity index (χ3n) is 2.71. The fourth-order valence-electron chi connectivity index (χ4n) is 1.48. The van der Waals surface area contributed by atoms with Gasteiger partial charge in [0.25, 0.3) is 0 Å². The van der Waals surface area contributed by atoms with Gasteiger partial charge in [0.15, 0.2) is 0 Å². The zero-order valence-electron chi connectivity index (χ0n) is 8.79. The molecular formula is C10H20N2O2. The summed E-state index contributed by atoms with van der Waals surface area (Å²) in [6.45, 7) is 4.69. The van der Waals surface area contributed by atoms with Crippen LogP contribution in [0.2, 0.25) is 0 Å². The van der Waals surface area contributed by atoms with E-state index in [1.807, 2.05) is 6.92 Å². The molecule has 0 spiro atoms. The van der Waals surface area contributed by atoms with Crippen molar-refractivity contribution in [1.82, 2.24) is 5.32 Å². The quantitative estimate of drug-likeness (QED) is 0.677. The third kappa shape index (κ3) is 3.64. The Bertz CT molecular complexity index is 179. The van der Waals surface area contributed by atoms with Crippen molar-refractivity contribution in [3.8, 4) is 0 Å². The Balaban J connectivity index is 2.15. The van der Waals surface area contributed by atoms with Gasteiger partial charge in [0, 0.05) is 32.2 Å². The summed E-state index contributed by atoms with van der Waals surface area (Å²) in [6, 6.07) is 0. The number of carbonyl (C=O) groups is 1. The van der Waals surface area contributed by atoms with E-state index in [9.17, 15) is 4.79 Å². The molecule has 14 heavy (non-hydrogen) atoms.